The molecule has 0 fully saturated rings. The van der Waals surface area contributed by atoms with Crippen LogP contribution in [-0.4, -0.2) is 25.2 Å². The van der Waals surface area contributed by atoms with Crippen molar-refractivity contribution in [1.29, 1.82) is 5.41 Å². The Labute approximate surface area is 160 Å². The summed E-state index contributed by atoms with van der Waals surface area (Å²) in [6.07, 6.45) is 1.69. The Kier molecular flexibility index (Phi) is 5.87. The summed E-state index contributed by atoms with van der Waals surface area (Å²) >= 11 is 1.38. The fourth-order valence-corrected chi connectivity index (χ4v) is 3.34. The van der Waals surface area contributed by atoms with Gasteiger partial charge in [0.2, 0.25) is 0 Å². The van der Waals surface area contributed by atoms with Crippen molar-refractivity contribution in [3.8, 4) is 21.9 Å². The molecule has 0 amide bonds. The molecule has 3 aromatic rings. The molecule has 2 aromatic carbocycles. The second kappa shape index (κ2) is 8.50. The molecular formula is C19H19FN4O2S. The van der Waals surface area contributed by atoms with Gasteiger partial charge >= 0.3 is 0 Å². The van der Waals surface area contributed by atoms with Crippen molar-refractivity contribution >= 4 is 22.4 Å². The Morgan fingerprint density at radius 2 is 1.78 bits per heavy atom. The first-order valence-corrected chi connectivity index (χ1v) is 8.93. The molecule has 0 saturated carbocycles. The lowest BCUT2D eigenvalue weighted by Crippen LogP contribution is -2.29. The zero-order valence-electron chi connectivity index (χ0n) is 14.9. The van der Waals surface area contributed by atoms with E-state index in [1.54, 1.807) is 32.5 Å². The minimum Gasteiger partial charge on any atom is -0.496 e. The normalized spacial score (nSPS) is 10.3. The summed E-state index contributed by atoms with van der Waals surface area (Å²) in [4.78, 5) is 5.15. The number of rotatable bonds is 6. The lowest BCUT2D eigenvalue weighted by atomic mass is 10.1. The fraction of sp³-hybridized carbons (Fsp3) is 0.158. The van der Waals surface area contributed by atoms with E-state index in [0.29, 0.717) is 23.2 Å². The van der Waals surface area contributed by atoms with Crippen molar-refractivity contribution in [3.05, 3.63) is 60.0 Å². The van der Waals surface area contributed by atoms with Crippen LogP contribution in [0.25, 0.3) is 10.4 Å². The lowest BCUT2D eigenvalue weighted by molar-refractivity contribution is 0.384. The highest BCUT2D eigenvalue weighted by molar-refractivity contribution is 7.19. The zero-order valence-corrected chi connectivity index (χ0v) is 15.7. The zero-order chi connectivity index (χ0) is 19.2. The summed E-state index contributed by atoms with van der Waals surface area (Å²) in [6.45, 7) is 0.356. The molecule has 6 nitrogen and oxygen atoms in total. The van der Waals surface area contributed by atoms with Gasteiger partial charge in [0.05, 0.1) is 31.2 Å². The van der Waals surface area contributed by atoms with Crippen molar-refractivity contribution < 1.29 is 13.9 Å². The van der Waals surface area contributed by atoms with E-state index in [1.165, 1.54) is 23.5 Å². The number of hydrogen-bond acceptors (Lipinski definition) is 5. The maximum atomic E-state index is 13.0. The highest BCUT2D eigenvalue weighted by Crippen LogP contribution is 2.29. The van der Waals surface area contributed by atoms with Gasteiger partial charge in [-0.15, -0.1) is 0 Å². The number of hydrogen-bond donors (Lipinski definition) is 3. The number of methoxy groups -OCH3 is 2. The average molecular weight is 386 g/mol. The van der Waals surface area contributed by atoms with Gasteiger partial charge in [0.25, 0.3) is 0 Å². The molecule has 1 aromatic heterocycles. The number of nitrogens with one attached hydrogen (secondary N) is 3. The van der Waals surface area contributed by atoms with E-state index in [2.05, 4.69) is 15.6 Å². The Morgan fingerprint density at radius 3 is 2.41 bits per heavy atom. The van der Waals surface area contributed by atoms with E-state index in [1.807, 2.05) is 18.2 Å². The van der Waals surface area contributed by atoms with Crippen molar-refractivity contribution in [1.82, 2.24) is 10.3 Å². The minimum atomic E-state index is -0.278. The van der Waals surface area contributed by atoms with Gasteiger partial charge in [0.1, 0.15) is 17.3 Å². The average Bonchev–Trinajstić information content (AvgIpc) is 3.14. The molecule has 0 aliphatic heterocycles. The van der Waals surface area contributed by atoms with Gasteiger partial charge in [-0.25, -0.2) is 9.37 Å². The number of benzene rings is 2. The predicted molar refractivity (Wildman–Crippen MR) is 105 cm³/mol. The molecule has 8 heteroatoms. The molecule has 3 N–H and O–H groups in total. The van der Waals surface area contributed by atoms with Crippen molar-refractivity contribution in [2.75, 3.05) is 19.5 Å². The number of nitrogens with zero attached hydrogens (tertiary/aromatic N) is 1. The van der Waals surface area contributed by atoms with Gasteiger partial charge in [-0.2, -0.15) is 0 Å². The molecule has 140 valence electrons. The van der Waals surface area contributed by atoms with Gasteiger partial charge < -0.3 is 20.1 Å². The lowest BCUT2D eigenvalue weighted by Gasteiger charge is -2.14. The van der Waals surface area contributed by atoms with Crippen LogP contribution < -0.4 is 20.1 Å². The molecule has 1 heterocycles. The third-order valence-corrected chi connectivity index (χ3v) is 4.80. The number of thiazole rings is 1. The number of guanidine groups is 1. The molecule has 0 radical (unpaired) electrons. The largest absolute Gasteiger partial charge is 0.496 e. The van der Waals surface area contributed by atoms with Crippen molar-refractivity contribution in [3.63, 3.8) is 0 Å². The third-order valence-electron chi connectivity index (χ3n) is 3.84. The third kappa shape index (κ3) is 4.53. The molecule has 0 unspecified atom stereocenters. The molecule has 0 aliphatic rings. The summed E-state index contributed by atoms with van der Waals surface area (Å²) in [6, 6.07) is 11.7. The molecule has 0 aliphatic carbocycles. The molecular weight excluding hydrogens is 367 g/mol. The van der Waals surface area contributed by atoms with Crippen LogP contribution in [0.1, 0.15) is 5.56 Å². The SMILES string of the molecule is COc1cccc(OC)c1CNC(=N)Nc1ncc(-c2ccc(F)cc2)s1. The predicted octanol–water partition coefficient (Wildman–Crippen LogP) is 4.10. The number of halogens is 1. The topological polar surface area (TPSA) is 79.3 Å². The van der Waals surface area contributed by atoms with Crippen LogP contribution in [0.15, 0.2) is 48.7 Å². The Hall–Kier alpha value is -3.13. The first-order chi connectivity index (χ1) is 13.1. The summed E-state index contributed by atoms with van der Waals surface area (Å²) < 4.78 is 23.7. The number of anilines is 1. The van der Waals surface area contributed by atoms with Crippen LogP contribution in [0.2, 0.25) is 0 Å². The van der Waals surface area contributed by atoms with E-state index < -0.39 is 0 Å². The Bertz CT molecular complexity index is 905. The van der Waals surface area contributed by atoms with Crippen LogP contribution in [0.5, 0.6) is 11.5 Å². The van der Waals surface area contributed by atoms with E-state index in [4.69, 9.17) is 14.9 Å². The first-order valence-electron chi connectivity index (χ1n) is 8.11. The molecule has 3 rings (SSSR count). The molecule has 0 atom stereocenters. The summed E-state index contributed by atoms with van der Waals surface area (Å²) in [5.41, 5.74) is 1.69. The van der Waals surface area contributed by atoms with E-state index >= 15 is 0 Å². The molecule has 0 spiro atoms. The van der Waals surface area contributed by atoms with Gasteiger partial charge in [-0.1, -0.05) is 29.5 Å². The van der Waals surface area contributed by atoms with Crippen LogP contribution in [0, 0.1) is 11.2 Å². The monoisotopic (exact) mass is 386 g/mol. The van der Waals surface area contributed by atoms with Crippen LogP contribution in [0.3, 0.4) is 0 Å². The smallest absolute Gasteiger partial charge is 0.195 e. The molecule has 0 saturated heterocycles. The van der Waals surface area contributed by atoms with Gasteiger partial charge in [0, 0.05) is 6.20 Å². The summed E-state index contributed by atoms with van der Waals surface area (Å²) in [7, 11) is 3.18. The first kappa shape index (κ1) is 18.7. The van der Waals surface area contributed by atoms with Crippen molar-refractivity contribution in [2.45, 2.75) is 6.54 Å². The maximum absolute atomic E-state index is 13.0. The Balaban J connectivity index is 1.63. The second-order valence-electron chi connectivity index (χ2n) is 5.53. The quantitative estimate of drug-likeness (QED) is 0.439. The van der Waals surface area contributed by atoms with Crippen LogP contribution >= 0.6 is 11.3 Å². The van der Waals surface area contributed by atoms with E-state index in [-0.39, 0.29) is 11.8 Å². The number of aromatic nitrogens is 1. The standard InChI is InChI=1S/C19H19FN4O2S/c1-25-15-4-3-5-16(26-2)14(15)10-22-18(21)24-19-23-11-17(27-19)12-6-8-13(20)9-7-12/h3-9,11H,10H2,1-2H3,(H3,21,22,23,24). The highest BCUT2D eigenvalue weighted by atomic mass is 32.1. The second-order valence-corrected chi connectivity index (χ2v) is 6.56. The van der Waals surface area contributed by atoms with Gasteiger partial charge in [-0.05, 0) is 29.8 Å². The molecule has 27 heavy (non-hydrogen) atoms. The van der Waals surface area contributed by atoms with Gasteiger partial charge in [0.15, 0.2) is 11.1 Å². The summed E-state index contributed by atoms with van der Waals surface area (Å²) in [5.74, 6) is 1.19. The Morgan fingerprint density at radius 1 is 1.11 bits per heavy atom. The minimum absolute atomic E-state index is 0.1000. The molecule has 0 bridgehead atoms. The van der Waals surface area contributed by atoms with Crippen molar-refractivity contribution in [2.24, 2.45) is 0 Å². The fourth-order valence-electron chi connectivity index (χ4n) is 2.51. The van der Waals surface area contributed by atoms with E-state index in [9.17, 15) is 4.39 Å². The van der Waals surface area contributed by atoms with Gasteiger partial charge in [-0.3, -0.25) is 5.41 Å². The highest BCUT2D eigenvalue weighted by Gasteiger charge is 2.11. The van der Waals surface area contributed by atoms with E-state index in [0.717, 1.165) is 16.0 Å². The van der Waals surface area contributed by atoms with Crippen LogP contribution in [0.4, 0.5) is 9.52 Å². The summed E-state index contributed by atoms with van der Waals surface area (Å²) in [5, 5.41) is 14.5. The number of ether oxygens (including phenoxy) is 2. The van der Waals surface area contributed by atoms with Crippen LogP contribution in [-0.2, 0) is 6.54 Å². The maximum Gasteiger partial charge on any atom is 0.195 e.